The van der Waals surface area contributed by atoms with E-state index in [1.807, 2.05) is 36.4 Å². The van der Waals surface area contributed by atoms with E-state index < -0.39 is 0 Å². The predicted octanol–water partition coefficient (Wildman–Crippen LogP) is 4.25. The van der Waals surface area contributed by atoms with Gasteiger partial charge in [0.05, 0.1) is 13.2 Å². The number of hydrogen-bond acceptors (Lipinski definition) is 2. The van der Waals surface area contributed by atoms with Gasteiger partial charge in [-0.1, -0.05) is 35.3 Å². The van der Waals surface area contributed by atoms with Crippen LogP contribution in [-0.4, -0.2) is 18.3 Å². The van der Waals surface area contributed by atoms with E-state index in [0.29, 0.717) is 18.1 Å². The van der Waals surface area contributed by atoms with E-state index in [2.05, 4.69) is 0 Å². The van der Waals surface area contributed by atoms with Crippen LogP contribution in [0.1, 0.15) is 22.6 Å². The lowest BCUT2D eigenvalue weighted by atomic mass is 9.91. The molecule has 110 valence electrons. The zero-order valence-corrected chi connectivity index (χ0v) is 13.0. The molecule has 0 saturated heterocycles. The molecule has 21 heavy (non-hydrogen) atoms. The van der Waals surface area contributed by atoms with Crippen molar-refractivity contribution in [2.75, 3.05) is 13.2 Å². The topological polar surface area (TPSA) is 29.5 Å². The first-order chi connectivity index (χ1) is 10.2. The van der Waals surface area contributed by atoms with Crippen LogP contribution in [-0.2, 0) is 12.8 Å². The van der Waals surface area contributed by atoms with Crippen molar-refractivity contribution in [1.82, 2.24) is 0 Å². The van der Waals surface area contributed by atoms with Crippen molar-refractivity contribution in [3.05, 3.63) is 63.1 Å². The Balaban J connectivity index is 1.91. The van der Waals surface area contributed by atoms with Crippen molar-refractivity contribution >= 4 is 23.2 Å². The van der Waals surface area contributed by atoms with Gasteiger partial charge in [-0.2, -0.15) is 0 Å². The molecule has 0 radical (unpaired) electrons. The van der Waals surface area contributed by atoms with Gasteiger partial charge in [0.15, 0.2) is 0 Å². The first-order valence-corrected chi connectivity index (χ1v) is 7.73. The number of aliphatic hydroxyl groups excluding tert-OH is 1. The fraction of sp³-hybridized carbons (Fsp3) is 0.294. The number of halogens is 2. The summed E-state index contributed by atoms with van der Waals surface area (Å²) in [5, 5.41) is 11.1. The summed E-state index contributed by atoms with van der Waals surface area (Å²) >= 11 is 12.2. The summed E-state index contributed by atoms with van der Waals surface area (Å²) in [6.45, 7) is 0.755. The van der Waals surface area contributed by atoms with Crippen LogP contribution >= 0.6 is 23.2 Å². The Hall–Kier alpha value is -1.22. The number of benzene rings is 2. The normalized spacial score (nSPS) is 14.6. The van der Waals surface area contributed by atoms with Gasteiger partial charge in [0.2, 0.25) is 0 Å². The molecule has 1 aliphatic heterocycles. The van der Waals surface area contributed by atoms with Gasteiger partial charge in [-0.3, -0.25) is 0 Å². The Morgan fingerprint density at radius 2 is 2.00 bits per heavy atom. The smallest absolute Gasteiger partial charge is 0.125 e. The van der Waals surface area contributed by atoms with Gasteiger partial charge in [0.1, 0.15) is 5.75 Å². The lowest BCUT2D eigenvalue weighted by Gasteiger charge is -2.17. The second-order valence-electron chi connectivity index (χ2n) is 5.29. The second-order valence-corrected chi connectivity index (χ2v) is 6.16. The van der Waals surface area contributed by atoms with Crippen molar-refractivity contribution in [1.29, 1.82) is 0 Å². The van der Waals surface area contributed by atoms with Crippen LogP contribution < -0.4 is 4.74 Å². The monoisotopic (exact) mass is 322 g/mol. The molecule has 1 heterocycles. The van der Waals surface area contributed by atoms with Crippen molar-refractivity contribution < 1.29 is 9.84 Å². The highest BCUT2D eigenvalue weighted by atomic mass is 35.5. The van der Waals surface area contributed by atoms with Gasteiger partial charge in [0.25, 0.3) is 0 Å². The maximum Gasteiger partial charge on any atom is 0.125 e. The SMILES string of the molecule is OCC(Cc1cc(Cl)cc2c1OCC2)c1cccc(Cl)c1. The lowest BCUT2D eigenvalue weighted by Crippen LogP contribution is -2.08. The van der Waals surface area contributed by atoms with Gasteiger partial charge >= 0.3 is 0 Å². The Morgan fingerprint density at radius 3 is 2.76 bits per heavy atom. The van der Waals surface area contributed by atoms with Crippen molar-refractivity contribution in [3.63, 3.8) is 0 Å². The van der Waals surface area contributed by atoms with Crippen LogP contribution in [0.5, 0.6) is 5.75 Å². The van der Waals surface area contributed by atoms with Gasteiger partial charge in [0, 0.05) is 22.4 Å². The molecule has 0 fully saturated rings. The second kappa shape index (κ2) is 6.27. The molecule has 2 nitrogen and oxygen atoms in total. The molecule has 1 aliphatic rings. The Bertz CT molecular complexity index is 655. The summed E-state index contributed by atoms with van der Waals surface area (Å²) in [5.74, 6) is 0.912. The molecule has 0 spiro atoms. The number of ether oxygens (including phenoxy) is 1. The van der Waals surface area contributed by atoms with Crippen LogP contribution in [0.3, 0.4) is 0 Å². The van der Waals surface area contributed by atoms with E-state index in [0.717, 1.165) is 33.9 Å². The Labute approximate surface area is 134 Å². The number of hydrogen-bond donors (Lipinski definition) is 1. The van der Waals surface area contributed by atoms with Gasteiger partial charge in [-0.15, -0.1) is 0 Å². The molecule has 1 unspecified atom stereocenters. The van der Waals surface area contributed by atoms with Gasteiger partial charge < -0.3 is 9.84 Å². The predicted molar refractivity (Wildman–Crippen MR) is 85.6 cm³/mol. The fourth-order valence-electron chi connectivity index (χ4n) is 2.81. The molecule has 3 rings (SSSR count). The van der Waals surface area contributed by atoms with E-state index in [-0.39, 0.29) is 12.5 Å². The number of fused-ring (bicyclic) bond motifs is 1. The Kier molecular flexibility index (Phi) is 4.39. The summed E-state index contributed by atoms with van der Waals surface area (Å²) in [4.78, 5) is 0. The molecule has 0 bridgehead atoms. The molecular formula is C17H16Cl2O2. The van der Waals surface area contributed by atoms with Crippen molar-refractivity contribution in [3.8, 4) is 5.75 Å². The number of rotatable bonds is 4. The van der Waals surface area contributed by atoms with E-state index in [1.54, 1.807) is 0 Å². The van der Waals surface area contributed by atoms with Crippen molar-refractivity contribution in [2.45, 2.75) is 18.8 Å². The van der Waals surface area contributed by atoms with Crippen molar-refractivity contribution in [2.24, 2.45) is 0 Å². The highest BCUT2D eigenvalue weighted by Gasteiger charge is 2.21. The molecule has 1 atom stereocenters. The maximum atomic E-state index is 9.73. The van der Waals surface area contributed by atoms with E-state index >= 15 is 0 Å². The highest BCUT2D eigenvalue weighted by Crippen LogP contribution is 2.36. The van der Waals surface area contributed by atoms with Crippen LogP contribution in [0.25, 0.3) is 0 Å². The third-order valence-corrected chi connectivity index (χ3v) is 4.29. The summed E-state index contributed by atoms with van der Waals surface area (Å²) in [6.07, 6.45) is 1.57. The van der Waals surface area contributed by atoms with Gasteiger partial charge in [-0.05, 0) is 47.4 Å². The molecule has 2 aromatic rings. The minimum absolute atomic E-state index is 0.0181. The average molecular weight is 323 g/mol. The largest absolute Gasteiger partial charge is 0.493 e. The summed E-state index contributed by atoms with van der Waals surface area (Å²) in [6, 6.07) is 11.5. The maximum absolute atomic E-state index is 9.73. The first-order valence-electron chi connectivity index (χ1n) is 6.98. The van der Waals surface area contributed by atoms with Crippen LogP contribution in [0.4, 0.5) is 0 Å². The molecule has 0 amide bonds. The highest BCUT2D eigenvalue weighted by molar-refractivity contribution is 6.31. The lowest BCUT2D eigenvalue weighted by molar-refractivity contribution is 0.263. The van der Waals surface area contributed by atoms with Crippen LogP contribution in [0, 0.1) is 0 Å². The molecule has 0 aromatic heterocycles. The molecular weight excluding hydrogens is 307 g/mol. The summed E-state index contributed by atoms with van der Waals surface area (Å²) in [7, 11) is 0. The summed E-state index contributed by atoms with van der Waals surface area (Å²) < 4.78 is 5.72. The molecule has 0 aliphatic carbocycles. The van der Waals surface area contributed by atoms with E-state index in [1.165, 1.54) is 0 Å². The molecule has 1 N–H and O–H groups in total. The standard InChI is InChI=1S/C17H16Cl2O2/c18-15-3-1-2-11(7-15)14(10-20)6-13-9-16(19)8-12-4-5-21-17(12)13/h1-3,7-9,14,20H,4-6,10H2. The molecule has 0 saturated carbocycles. The minimum atomic E-state index is -0.0181. The zero-order valence-electron chi connectivity index (χ0n) is 11.5. The van der Waals surface area contributed by atoms with Crippen LogP contribution in [0.15, 0.2) is 36.4 Å². The molecule has 4 heteroatoms. The van der Waals surface area contributed by atoms with Crippen LogP contribution in [0.2, 0.25) is 10.0 Å². The first kappa shape index (κ1) is 14.7. The summed E-state index contributed by atoms with van der Waals surface area (Å²) in [5.41, 5.74) is 3.23. The number of aliphatic hydroxyl groups is 1. The molecule has 2 aromatic carbocycles. The third-order valence-electron chi connectivity index (χ3n) is 3.83. The quantitative estimate of drug-likeness (QED) is 0.911. The minimum Gasteiger partial charge on any atom is -0.493 e. The zero-order chi connectivity index (χ0) is 14.8. The van der Waals surface area contributed by atoms with E-state index in [9.17, 15) is 5.11 Å². The average Bonchev–Trinajstić information content (AvgIpc) is 2.92. The fourth-order valence-corrected chi connectivity index (χ4v) is 3.27. The van der Waals surface area contributed by atoms with E-state index in [4.69, 9.17) is 27.9 Å². The third kappa shape index (κ3) is 3.18. The Morgan fingerprint density at radius 1 is 1.14 bits per heavy atom. The van der Waals surface area contributed by atoms with Gasteiger partial charge in [-0.25, -0.2) is 0 Å².